The quantitative estimate of drug-likeness (QED) is 0.884. The van der Waals surface area contributed by atoms with Crippen LogP contribution >= 0.6 is 22.7 Å². The number of thiazole rings is 1. The number of hydrogen-bond donors (Lipinski definition) is 1. The van der Waals surface area contributed by atoms with Gasteiger partial charge >= 0.3 is 5.97 Å². The summed E-state index contributed by atoms with van der Waals surface area (Å²) in [5.41, 5.74) is 1.67. The minimum atomic E-state index is -0.456. The smallest absolute Gasteiger partial charge is 0.350 e. The number of ether oxygens (including phenoxy) is 1. The molecule has 2 aromatic heterocycles. The van der Waals surface area contributed by atoms with Crippen LogP contribution in [0.3, 0.4) is 0 Å². The van der Waals surface area contributed by atoms with Crippen molar-refractivity contribution in [3.63, 3.8) is 0 Å². The minimum absolute atomic E-state index is 0.323. The number of hydrogen-bond acceptors (Lipinski definition) is 6. The third-order valence-electron chi connectivity index (χ3n) is 2.44. The van der Waals surface area contributed by atoms with Crippen molar-refractivity contribution < 1.29 is 14.3 Å². The molecule has 0 aromatic carbocycles. The van der Waals surface area contributed by atoms with Crippen LogP contribution in [0.2, 0.25) is 0 Å². The summed E-state index contributed by atoms with van der Waals surface area (Å²) in [5, 5.41) is 7.02. The molecule has 2 rings (SSSR count). The summed E-state index contributed by atoms with van der Waals surface area (Å²) in [6.07, 6.45) is 0. The largest absolute Gasteiger partial charge is 0.465 e. The molecule has 0 unspecified atom stereocenters. The summed E-state index contributed by atoms with van der Waals surface area (Å²) in [6, 6.07) is 0. The van der Waals surface area contributed by atoms with Crippen molar-refractivity contribution in [1.29, 1.82) is 0 Å². The monoisotopic (exact) mass is 296 g/mol. The van der Waals surface area contributed by atoms with Crippen LogP contribution in [0.1, 0.15) is 30.7 Å². The molecule has 0 bridgehead atoms. The van der Waals surface area contributed by atoms with Gasteiger partial charge in [-0.3, -0.25) is 4.79 Å². The molecule has 2 aromatic rings. The van der Waals surface area contributed by atoms with E-state index in [1.165, 1.54) is 29.8 Å². The number of aryl methyl sites for hydroxylation is 2. The van der Waals surface area contributed by atoms with Gasteiger partial charge in [0.1, 0.15) is 10.6 Å². The van der Waals surface area contributed by atoms with Crippen LogP contribution in [0.5, 0.6) is 0 Å². The lowest BCUT2D eigenvalue weighted by Gasteiger charge is -2.05. The number of anilines is 1. The summed E-state index contributed by atoms with van der Waals surface area (Å²) in [7, 11) is 1.31. The van der Waals surface area contributed by atoms with Gasteiger partial charge in [0.2, 0.25) is 0 Å². The zero-order valence-electron chi connectivity index (χ0n) is 10.6. The molecule has 0 aliphatic carbocycles. The second kappa shape index (κ2) is 5.50. The third kappa shape index (κ3) is 2.82. The highest BCUT2D eigenvalue weighted by atomic mass is 32.1. The molecule has 0 aliphatic heterocycles. The Morgan fingerprint density at radius 3 is 2.58 bits per heavy atom. The van der Waals surface area contributed by atoms with Crippen molar-refractivity contribution in [3.05, 3.63) is 31.9 Å². The Kier molecular flexibility index (Phi) is 3.96. The lowest BCUT2D eigenvalue weighted by molar-refractivity contribution is 0.0607. The van der Waals surface area contributed by atoms with Gasteiger partial charge in [-0.05, 0) is 24.8 Å². The molecule has 0 saturated heterocycles. The third-order valence-corrected chi connectivity index (χ3v) is 4.29. The Morgan fingerprint density at radius 2 is 2.00 bits per heavy atom. The number of amides is 1. The van der Waals surface area contributed by atoms with Gasteiger partial charge in [0, 0.05) is 5.38 Å². The molecular formula is C12H12N2O3S2. The van der Waals surface area contributed by atoms with Crippen molar-refractivity contribution in [2.75, 3.05) is 12.4 Å². The normalized spacial score (nSPS) is 10.3. The summed E-state index contributed by atoms with van der Waals surface area (Å²) < 4.78 is 4.69. The first-order chi connectivity index (χ1) is 9.02. The van der Waals surface area contributed by atoms with Gasteiger partial charge in [0.05, 0.1) is 17.8 Å². The lowest BCUT2D eigenvalue weighted by atomic mass is 10.2. The molecule has 0 atom stereocenters. The highest BCUT2D eigenvalue weighted by Crippen LogP contribution is 2.28. The minimum Gasteiger partial charge on any atom is -0.465 e. The van der Waals surface area contributed by atoms with Crippen LogP contribution in [-0.2, 0) is 4.74 Å². The van der Waals surface area contributed by atoms with E-state index in [1.54, 1.807) is 10.8 Å². The Morgan fingerprint density at radius 1 is 1.26 bits per heavy atom. The predicted octanol–water partition coefficient (Wildman–Crippen LogP) is 2.86. The first kappa shape index (κ1) is 13.7. The van der Waals surface area contributed by atoms with Gasteiger partial charge in [-0.15, -0.1) is 22.7 Å². The Labute approximate surface area is 118 Å². The van der Waals surface area contributed by atoms with E-state index >= 15 is 0 Å². The number of carbonyl (C=O) groups excluding carboxylic acids is 2. The Balaban J connectivity index is 2.26. The maximum Gasteiger partial charge on any atom is 0.350 e. The van der Waals surface area contributed by atoms with Gasteiger partial charge in [0.15, 0.2) is 0 Å². The summed E-state index contributed by atoms with van der Waals surface area (Å²) >= 11 is 2.65. The molecule has 0 spiro atoms. The fraction of sp³-hybridized carbons (Fsp3) is 0.250. The van der Waals surface area contributed by atoms with Crippen molar-refractivity contribution >= 4 is 40.2 Å². The van der Waals surface area contributed by atoms with E-state index in [4.69, 9.17) is 0 Å². The van der Waals surface area contributed by atoms with Crippen LogP contribution in [0, 0.1) is 13.8 Å². The number of methoxy groups -OCH3 is 1. The number of nitrogens with zero attached hydrogens (tertiary/aromatic N) is 1. The van der Waals surface area contributed by atoms with Crippen LogP contribution in [0.4, 0.5) is 5.69 Å². The van der Waals surface area contributed by atoms with Crippen LogP contribution < -0.4 is 5.32 Å². The van der Waals surface area contributed by atoms with Gasteiger partial charge in [-0.1, -0.05) is 0 Å². The highest BCUT2D eigenvalue weighted by molar-refractivity contribution is 7.12. The predicted molar refractivity (Wildman–Crippen MR) is 75.2 cm³/mol. The van der Waals surface area contributed by atoms with E-state index in [2.05, 4.69) is 15.0 Å². The van der Waals surface area contributed by atoms with Crippen molar-refractivity contribution in [1.82, 2.24) is 4.98 Å². The molecule has 19 heavy (non-hydrogen) atoms. The lowest BCUT2D eigenvalue weighted by Crippen LogP contribution is -2.15. The van der Waals surface area contributed by atoms with Gasteiger partial charge in [-0.2, -0.15) is 0 Å². The van der Waals surface area contributed by atoms with Crippen molar-refractivity contribution in [2.45, 2.75) is 13.8 Å². The molecule has 0 fully saturated rings. The first-order valence-electron chi connectivity index (χ1n) is 5.42. The molecule has 2 heterocycles. The van der Waals surface area contributed by atoms with E-state index in [0.717, 1.165) is 10.6 Å². The molecule has 0 radical (unpaired) electrons. The number of rotatable bonds is 3. The average Bonchev–Trinajstić information content (AvgIpc) is 2.96. The summed E-state index contributed by atoms with van der Waals surface area (Å²) in [5.74, 6) is -0.779. The molecule has 7 heteroatoms. The second-order valence-electron chi connectivity index (χ2n) is 3.82. The molecule has 0 saturated carbocycles. The van der Waals surface area contributed by atoms with E-state index in [9.17, 15) is 9.59 Å². The van der Waals surface area contributed by atoms with E-state index in [0.29, 0.717) is 16.3 Å². The Hall–Kier alpha value is -1.73. The highest BCUT2D eigenvalue weighted by Gasteiger charge is 2.20. The summed E-state index contributed by atoms with van der Waals surface area (Å²) in [4.78, 5) is 28.1. The molecular weight excluding hydrogens is 284 g/mol. The maximum absolute atomic E-state index is 12.0. The van der Waals surface area contributed by atoms with Gasteiger partial charge in [0.25, 0.3) is 5.91 Å². The molecule has 0 aliphatic rings. The number of thiophene rings is 1. The number of nitrogens with one attached hydrogen (secondary N) is 1. The zero-order valence-corrected chi connectivity index (χ0v) is 12.3. The zero-order chi connectivity index (χ0) is 14.0. The van der Waals surface area contributed by atoms with Crippen molar-refractivity contribution in [3.8, 4) is 0 Å². The SMILES string of the molecule is COC(=O)c1scc(C)c1NC(=O)c1csc(C)n1. The Bertz CT molecular complexity index is 631. The molecule has 100 valence electrons. The van der Waals surface area contributed by atoms with Crippen LogP contribution in [-0.4, -0.2) is 24.0 Å². The standard InChI is InChI=1S/C12H12N2O3S2/c1-6-4-19-10(12(16)17-3)9(6)14-11(15)8-5-18-7(2)13-8/h4-5H,1-3H3,(H,14,15). The van der Waals surface area contributed by atoms with Gasteiger partial charge in [-0.25, -0.2) is 9.78 Å². The number of esters is 1. The summed E-state index contributed by atoms with van der Waals surface area (Å²) in [6.45, 7) is 3.65. The van der Waals surface area contributed by atoms with Crippen molar-refractivity contribution in [2.24, 2.45) is 0 Å². The average molecular weight is 296 g/mol. The fourth-order valence-corrected chi connectivity index (χ4v) is 3.00. The first-order valence-corrected chi connectivity index (χ1v) is 7.18. The number of aromatic nitrogens is 1. The molecule has 1 N–H and O–H groups in total. The molecule has 1 amide bonds. The van der Waals surface area contributed by atoms with E-state index < -0.39 is 5.97 Å². The van der Waals surface area contributed by atoms with Crippen LogP contribution in [0.15, 0.2) is 10.8 Å². The molecule has 5 nitrogen and oxygen atoms in total. The second-order valence-corrected chi connectivity index (χ2v) is 5.76. The van der Waals surface area contributed by atoms with Crippen LogP contribution in [0.25, 0.3) is 0 Å². The van der Waals surface area contributed by atoms with Gasteiger partial charge < -0.3 is 10.1 Å². The van der Waals surface area contributed by atoms with E-state index in [-0.39, 0.29) is 5.91 Å². The number of carbonyl (C=O) groups is 2. The fourth-order valence-electron chi connectivity index (χ4n) is 1.49. The maximum atomic E-state index is 12.0. The topological polar surface area (TPSA) is 68.3 Å². The van der Waals surface area contributed by atoms with E-state index in [1.807, 2.05) is 13.8 Å².